The first kappa shape index (κ1) is 12.5. The molecule has 2 aliphatic rings. The Morgan fingerprint density at radius 2 is 2.24 bits per heavy atom. The lowest BCUT2D eigenvalue weighted by molar-refractivity contribution is 0.0849. The molecule has 0 aromatic heterocycles. The molecule has 3 nitrogen and oxygen atoms in total. The molecular formula is C13H18ClNO2. The number of benzene rings is 1. The fourth-order valence-corrected chi connectivity index (χ4v) is 2.99. The van der Waals surface area contributed by atoms with Gasteiger partial charge in [0.15, 0.2) is 11.5 Å². The minimum atomic E-state index is 0. The molecule has 0 spiro atoms. The summed E-state index contributed by atoms with van der Waals surface area (Å²) < 4.78 is 5.70. The molecule has 1 aromatic rings. The van der Waals surface area contributed by atoms with Gasteiger partial charge in [-0.05, 0) is 32.5 Å². The fourth-order valence-electron chi connectivity index (χ4n) is 2.99. The van der Waals surface area contributed by atoms with Crippen molar-refractivity contribution in [2.45, 2.75) is 24.8 Å². The number of aromatic hydroxyl groups is 1. The lowest BCUT2D eigenvalue weighted by Crippen LogP contribution is -2.47. The first-order chi connectivity index (χ1) is 7.77. The van der Waals surface area contributed by atoms with Crippen molar-refractivity contribution < 1.29 is 9.84 Å². The predicted molar refractivity (Wildman–Crippen MR) is 69.2 cm³/mol. The average Bonchev–Trinajstić information content (AvgIpc) is 2.30. The Morgan fingerprint density at radius 1 is 1.41 bits per heavy atom. The van der Waals surface area contributed by atoms with Crippen LogP contribution in [0.2, 0.25) is 0 Å². The zero-order valence-electron chi connectivity index (χ0n) is 9.93. The maximum absolute atomic E-state index is 9.77. The fraction of sp³-hybridized carbons (Fsp3) is 0.538. The van der Waals surface area contributed by atoms with Crippen molar-refractivity contribution in [3.8, 4) is 11.5 Å². The first-order valence-corrected chi connectivity index (χ1v) is 5.92. The van der Waals surface area contributed by atoms with Gasteiger partial charge in [0.05, 0.1) is 6.04 Å². The molecule has 4 heteroatoms. The Bertz CT molecular complexity index is 410. The first-order valence-electron chi connectivity index (χ1n) is 5.92. The maximum Gasteiger partial charge on any atom is 0.164 e. The van der Waals surface area contributed by atoms with Crippen LogP contribution >= 0.6 is 12.4 Å². The Morgan fingerprint density at radius 3 is 3.06 bits per heavy atom. The summed E-state index contributed by atoms with van der Waals surface area (Å²) in [5, 5.41) is 9.77. The number of fused-ring (bicyclic) bond motifs is 3. The number of halogens is 1. The van der Waals surface area contributed by atoms with Gasteiger partial charge in [-0.25, -0.2) is 0 Å². The van der Waals surface area contributed by atoms with Gasteiger partial charge in [0.25, 0.3) is 0 Å². The van der Waals surface area contributed by atoms with Crippen molar-refractivity contribution in [1.29, 1.82) is 0 Å². The van der Waals surface area contributed by atoms with Crippen LogP contribution in [0.4, 0.5) is 0 Å². The topological polar surface area (TPSA) is 32.7 Å². The van der Waals surface area contributed by atoms with E-state index in [0.29, 0.717) is 24.3 Å². The summed E-state index contributed by atoms with van der Waals surface area (Å²) in [6.45, 7) is 1.85. The highest BCUT2D eigenvalue weighted by Crippen LogP contribution is 2.44. The van der Waals surface area contributed by atoms with Crippen molar-refractivity contribution in [2.24, 2.45) is 0 Å². The van der Waals surface area contributed by atoms with Crippen molar-refractivity contribution in [2.75, 3.05) is 20.2 Å². The van der Waals surface area contributed by atoms with E-state index in [9.17, 15) is 5.11 Å². The second-order valence-electron chi connectivity index (χ2n) is 4.80. The molecule has 0 amide bonds. The normalized spacial score (nSPS) is 27.4. The molecule has 0 aliphatic carbocycles. The molecule has 2 aliphatic heterocycles. The maximum atomic E-state index is 9.77. The largest absolute Gasteiger partial charge is 0.504 e. The number of para-hydroxylation sites is 1. The van der Waals surface area contributed by atoms with Gasteiger partial charge in [-0.15, -0.1) is 12.4 Å². The molecule has 0 saturated carbocycles. The lowest BCUT2D eigenvalue weighted by Gasteiger charge is -2.42. The molecule has 3 rings (SSSR count). The van der Waals surface area contributed by atoms with Crippen LogP contribution in [-0.2, 0) is 0 Å². The van der Waals surface area contributed by atoms with Crippen LogP contribution in [0.3, 0.4) is 0 Å². The summed E-state index contributed by atoms with van der Waals surface area (Å²) in [5.41, 5.74) is 1.18. The minimum Gasteiger partial charge on any atom is -0.504 e. The van der Waals surface area contributed by atoms with E-state index in [2.05, 4.69) is 18.0 Å². The summed E-state index contributed by atoms with van der Waals surface area (Å²) in [6, 6.07) is 6.17. The van der Waals surface area contributed by atoms with E-state index in [1.165, 1.54) is 18.4 Å². The molecule has 94 valence electrons. The molecule has 0 unspecified atom stereocenters. The average molecular weight is 256 g/mol. The van der Waals surface area contributed by atoms with Crippen molar-refractivity contribution in [1.82, 2.24) is 4.90 Å². The van der Waals surface area contributed by atoms with Gasteiger partial charge in [0, 0.05) is 11.5 Å². The number of hydrogen-bond acceptors (Lipinski definition) is 3. The van der Waals surface area contributed by atoms with Crippen LogP contribution in [0, 0.1) is 0 Å². The van der Waals surface area contributed by atoms with E-state index < -0.39 is 0 Å². The SMILES string of the molecule is CN1CCC[C@@H]2c3cccc(O)c3OC[C@@H]21.Cl. The quantitative estimate of drug-likeness (QED) is 0.773. The number of phenols is 1. The number of piperidine rings is 1. The molecule has 2 atom stereocenters. The van der Waals surface area contributed by atoms with Crippen LogP contribution in [0.25, 0.3) is 0 Å². The molecule has 1 aromatic carbocycles. The molecule has 1 N–H and O–H groups in total. The number of nitrogens with zero attached hydrogens (tertiary/aromatic N) is 1. The van der Waals surface area contributed by atoms with E-state index in [-0.39, 0.29) is 18.2 Å². The Hall–Kier alpha value is -0.930. The Balaban J connectivity index is 0.00000108. The van der Waals surface area contributed by atoms with Crippen LogP contribution in [0.1, 0.15) is 24.3 Å². The summed E-state index contributed by atoms with van der Waals surface area (Å²) in [7, 11) is 2.16. The van der Waals surface area contributed by atoms with Crippen LogP contribution < -0.4 is 4.74 Å². The van der Waals surface area contributed by atoms with Crippen LogP contribution in [0.5, 0.6) is 11.5 Å². The third kappa shape index (κ3) is 1.98. The molecule has 0 bridgehead atoms. The van der Waals surface area contributed by atoms with E-state index in [1.54, 1.807) is 6.07 Å². The highest BCUT2D eigenvalue weighted by molar-refractivity contribution is 5.85. The second-order valence-corrected chi connectivity index (χ2v) is 4.80. The molecule has 17 heavy (non-hydrogen) atoms. The van der Waals surface area contributed by atoms with Gasteiger partial charge in [-0.3, -0.25) is 4.90 Å². The molecular weight excluding hydrogens is 238 g/mol. The Labute approximate surface area is 108 Å². The standard InChI is InChI=1S/C13H17NO2.ClH/c1-14-7-3-5-9-10-4-2-6-12(15)13(10)16-8-11(9)14;/h2,4,6,9,11,15H,3,5,7-8H2,1H3;1H/t9-,11+;/m1./s1. The zero-order chi connectivity index (χ0) is 11.1. The van der Waals surface area contributed by atoms with Crippen LogP contribution in [-0.4, -0.2) is 36.2 Å². The van der Waals surface area contributed by atoms with E-state index in [0.717, 1.165) is 6.54 Å². The summed E-state index contributed by atoms with van der Waals surface area (Å²) >= 11 is 0. The van der Waals surface area contributed by atoms with E-state index in [4.69, 9.17) is 4.74 Å². The number of ether oxygens (including phenoxy) is 1. The molecule has 1 fully saturated rings. The number of rotatable bonds is 0. The lowest BCUT2D eigenvalue weighted by atomic mass is 9.82. The van der Waals surface area contributed by atoms with Gasteiger partial charge >= 0.3 is 0 Å². The Kier molecular flexibility index (Phi) is 3.50. The smallest absolute Gasteiger partial charge is 0.164 e. The zero-order valence-corrected chi connectivity index (χ0v) is 10.7. The van der Waals surface area contributed by atoms with Gasteiger partial charge < -0.3 is 9.84 Å². The predicted octanol–water partition coefficient (Wildman–Crippen LogP) is 2.38. The highest BCUT2D eigenvalue weighted by Gasteiger charge is 2.36. The number of likely N-dealkylation sites (N-methyl/N-ethyl adjacent to an activating group) is 1. The van der Waals surface area contributed by atoms with Gasteiger partial charge in [0.2, 0.25) is 0 Å². The van der Waals surface area contributed by atoms with Gasteiger partial charge in [0.1, 0.15) is 6.61 Å². The number of phenolic OH excluding ortho intramolecular Hbond substituents is 1. The summed E-state index contributed by atoms with van der Waals surface area (Å²) in [4.78, 5) is 2.38. The summed E-state index contributed by atoms with van der Waals surface area (Å²) in [6.07, 6.45) is 2.43. The molecule has 1 saturated heterocycles. The monoisotopic (exact) mass is 255 g/mol. The van der Waals surface area contributed by atoms with E-state index in [1.807, 2.05) is 6.07 Å². The number of likely N-dealkylation sites (tertiary alicyclic amines) is 1. The number of hydrogen-bond donors (Lipinski definition) is 1. The minimum absolute atomic E-state index is 0. The van der Waals surface area contributed by atoms with Crippen molar-refractivity contribution in [3.05, 3.63) is 23.8 Å². The van der Waals surface area contributed by atoms with Gasteiger partial charge in [-0.1, -0.05) is 12.1 Å². The van der Waals surface area contributed by atoms with Crippen molar-refractivity contribution in [3.63, 3.8) is 0 Å². The molecule has 2 heterocycles. The molecule has 0 radical (unpaired) electrons. The van der Waals surface area contributed by atoms with E-state index >= 15 is 0 Å². The highest BCUT2D eigenvalue weighted by atomic mass is 35.5. The van der Waals surface area contributed by atoms with Gasteiger partial charge in [-0.2, -0.15) is 0 Å². The summed E-state index contributed by atoms with van der Waals surface area (Å²) in [5.74, 6) is 1.51. The third-order valence-corrected chi connectivity index (χ3v) is 3.88. The van der Waals surface area contributed by atoms with Crippen LogP contribution in [0.15, 0.2) is 18.2 Å². The third-order valence-electron chi connectivity index (χ3n) is 3.88. The second kappa shape index (κ2) is 4.75. The van der Waals surface area contributed by atoms with Crippen molar-refractivity contribution >= 4 is 12.4 Å².